The Kier molecular flexibility index (Phi) is 5.18. The molecule has 1 fully saturated rings. The third-order valence-corrected chi connectivity index (χ3v) is 4.48. The molecule has 0 aliphatic carbocycles. The van der Waals surface area contributed by atoms with E-state index in [4.69, 9.17) is 9.47 Å². The van der Waals surface area contributed by atoms with Gasteiger partial charge in [0.25, 0.3) is 0 Å². The Hall–Kier alpha value is -1.30. The molecule has 0 radical (unpaired) electrons. The van der Waals surface area contributed by atoms with E-state index in [0.29, 0.717) is 0 Å². The van der Waals surface area contributed by atoms with Crippen LogP contribution in [0.3, 0.4) is 0 Å². The van der Waals surface area contributed by atoms with Crippen molar-refractivity contribution in [3.05, 3.63) is 23.8 Å². The lowest BCUT2D eigenvalue weighted by molar-refractivity contribution is -0.00203. The SMILES string of the molecule is OCC1CN(Cc2ccc3c(c2)OCCCCO3)CCC1O. The lowest BCUT2D eigenvalue weighted by Gasteiger charge is -2.35. The smallest absolute Gasteiger partial charge is 0.161 e. The molecule has 0 saturated carbocycles. The molecule has 1 aromatic carbocycles. The van der Waals surface area contributed by atoms with E-state index in [0.717, 1.165) is 63.6 Å². The molecular formula is C17H25NO4. The zero-order valence-corrected chi connectivity index (χ0v) is 12.9. The van der Waals surface area contributed by atoms with E-state index in [2.05, 4.69) is 17.0 Å². The van der Waals surface area contributed by atoms with Crippen LogP contribution in [0.15, 0.2) is 18.2 Å². The summed E-state index contributed by atoms with van der Waals surface area (Å²) >= 11 is 0. The number of hydrogen-bond acceptors (Lipinski definition) is 5. The van der Waals surface area contributed by atoms with Crippen LogP contribution in [-0.4, -0.2) is 54.1 Å². The Bertz CT molecular complexity index is 494. The summed E-state index contributed by atoms with van der Waals surface area (Å²) in [6, 6.07) is 6.11. The fourth-order valence-electron chi connectivity index (χ4n) is 3.13. The van der Waals surface area contributed by atoms with Crippen LogP contribution in [-0.2, 0) is 6.54 Å². The Morgan fingerprint density at radius 1 is 1.14 bits per heavy atom. The molecule has 3 rings (SSSR count). The van der Waals surface area contributed by atoms with Crippen molar-refractivity contribution in [2.24, 2.45) is 5.92 Å². The first kappa shape index (κ1) is 15.6. The van der Waals surface area contributed by atoms with Gasteiger partial charge in [0, 0.05) is 32.2 Å². The monoisotopic (exact) mass is 307 g/mol. The van der Waals surface area contributed by atoms with Gasteiger partial charge >= 0.3 is 0 Å². The maximum atomic E-state index is 9.85. The molecular weight excluding hydrogens is 282 g/mol. The zero-order chi connectivity index (χ0) is 15.4. The van der Waals surface area contributed by atoms with Gasteiger partial charge in [-0.2, -0.15) is 0 Å². The van der Waals surface area contributed by atoms with Crippen LogP contribution in [0.5, 0.6) is 11.5 Å². The van der Waals surface area contributed by atoms with Gasteiger partial charge in [0.1, 0.15) is 0 Å². The second kappa shape index (κ2) is 7.31. The van der Waals surface area contributed by atoms with E-state index in [1.165, 1.54) is 5.56 Å². The third-order valence-electron chi connectivity index (χ3n) is 4.48. The summed E-state index contributed by atoms with van der Waals surface area (Å²) in [7, 11) is 0. The van der Waals surface area contributed by atoms with Crippen LogP contribution in [0.25, 0.3) is 0 Å². The van der Waals surface area contributed by atoms with Crippen molar-refractivity contribution in [1.29, 1.82) is 0 Å². The molecule has 2 heterocycles. The Balaban J connectivity index is 1.66. The van der Waals surface area contributed by atoms with Gasteiger partial charge < -0.3 is 19.7 Å². The Morgan fingerprint density at radius 2 is 1.91 bits per heavy atom. The minimum absolute atomic E-state index is 0.0405. The first-order chi connectivity index (χ1) is 10.8. The van der Waals surface area contributed by atoms with Gasteiger partial charge in [0.05, 0.1) is 19.3 Å². The van der Waals surface area contributed by atoms with E-state index in [1.54, 1.807) is 0 Å². The normalized spacial score (nSPS) is 26.3. The number of hydrogen-bond donors (Lipinski definition) is 2. The van der Waals surface area contributed by atoms with E-state index < -0.39 is 0 Å². The molecule has 2 atom stereocenters. The summed E-state index contributed by atoms with van der Waals surface area (Å²) in [5, 5.41) is 19.2. The van der Waals surface area contributed by atoms with Crippen LogP contribution in [0.4, 0.5) is 0 Å². The molecule has 0 amide bonds. The van der Waals surface area contributed by atoms with Crippen molar-refractivity contribution in [3.8, 4) is 11.5 Å². The van der Waals surface area contributed by atoms with Crippen LogP contribution in [0.1, 0.15) is 24.8 Å². The van der Waals surface area contributed by atoms with Gasteiger partial charge in [0.2, 0.25) is 0 Å². The van der Waals surface area contributed by atoms with Crippen molar-refractivity contribution in [1.82, 2.24) is 4.90 Å². The summed E-state index contributed by atoms with van der Waals surface area (Å²) in [6.07, 6.45) is 2.38. The maximum Gasteiger partial charge on any atom is 0.161 e. The van der Waals surface area contributed by atoms with Gasteiger partial charge in [-0.3, -0.25) is 4.90 Å². The maximum absolute atomic E-state index is 9.85. The van der Waals surface area contributed by atoms with Crippen molar-refractivity contribution in [2.45, 2.75) is 31.9 Å². The van der Waals surface area contributed by atoms with Gasteiger partial charge in [-0.05, 0) is 37.0 Å². The highest BCUT2D eigenvalue weighted by Gasteiger charge is 2.27. The molecule has 122 valence electrons. The molecule has 5 heteroatoms. The van der Waals surface area contributed by atoms with Gasteiger partial charge in [0.15, 0.2) is 11.5 Å². The molecule has 5 nitrogen and oxygen atoms in total. The summed E-state index contributed by atoms with van der Waals surface area (Å²) in [4.78, 5) is 2.28. The van der Waals surface area contributed by atoms with E-state index in [-0.39, 0.29) is 18.6 Å². The number of aliphatic hydroxyl groups excluding tert-OH is 2. The zero-order valence-electron chi connectivity index (χ0n) is 12.9. The largest absolute Gasteiger partial charge is 0.490 e. The highest BCUT2D eigenvalue weighted by Crippen LogP contribution is 2.31. The standard InChI is InChI=1S/C17H25NO4/c19-12-14-11-18(6-5-15(14)20)10-13-3-4-16-17(9-13)22-8-2-1-7-21-16/h3-4,9,14-15,19-20H,1-2,5-8,10-12H2. The number of ether oxygens (including phenoxy) is 2. The molecule has 0 bridgehead atoms. The highest BCUT2D eigenvalue weighted by molar-refractivity contribution is 5.43. The average Bonchev–Trinajstić information content (AvgIpc) is 2.50. The number of nitrogens with zero attached hydrogens (tertiary/aromatic N) is 1. The van der Waals surface area contributed by atoms with Crippen LogP contribution >= 0.6 is 0 Å². The van der Waals surface area contributed by atoms with E-state index in [9.17, 15) is 10.2 Å². The number of fused-ring (bicyclic) bond motifs is 1. The second-order valence-corrected chi connectivity index (χ2v) is 6.22. The molecule has 2 unspecified atom stereocenters. The Morgan fingerprint density at radius 3 is 2.68 bits per heavy atom. The van der Waals surface area contributed by atoms with E-state index in [1.807, 2.05) is 6.07 Å². The summed E-state index contributed by atoms with van der Waals surface area (Å²) in [5.74, 6) is 1.61. The predicted octanol–water partition coefficient (Wildman–Crippen LogP) is 1.41. The minimum Gasteiger partial charge on any atom is -0.490 e. The number of piperidine rings is 1. The van der Waals surface area contributed by atoms with Crippen LogP contribution in [0, 0.1) is 5.92 Å². The van der Waals surface area contributed by atoms with Crippen LogP contribution < -0.4 is 9.47 Å². The number of rotatable bonds is 3. The molecule has 1 aromatic rings. The van der Waals surface area contributed by atoms with Crippen molar-refractivity contribution in [2.75, 3.05) is 32.9 Å². The van der Waals surface area contributed by atoms with Crippen molar-refractivity contribution >= 4 is 0 Å². The molecule has 2 aliphatic rings. The molecule has 22 heavy (non-hydrogen) atoms. The van der Waals surface area contributed by atoms with Gasteiger partial charge in [-0.15, -0.1) is 0 Å². The molecule has 2 aliphatic heterocycles. The second-order valence-electron chi connectivity index (χ2n) is 6.22. The first-order valence-electron chi connectivity index (χ1n) is 8.16. The first-order valence-corrected chi connectivity index (χ1v) is 8.16. The molecule has 0 aromatic heterocycles. The number of aliphatic hydroxyl groups is 2. The van der Waals surface area contributed by atoms with Gasteiger partial charge in [-0.25, -0.2) is 0 Å². The minimum atomic E-state index is -0.381. The third kappa shape index (κ3) is 3.72. The predicted molar refractivity (Wildman–Crippen MR) is 83.1 cm³/mol. The van der Waals surface area contributed by atoms with Crippen LogP contribution in [0.2, 0.25) is 0 Å². The fraction of sp³-hybridized carbons (Fsp3) is 0.647. The lowest BCUT2D eigenvalue weighted by Crippen LogP contribution is -2.44. The molecule has 0 spiro atoms. The number of likely N-dealkylation sites (tertiary alicyclic amines) is 1. The lowest BCUT2D eigenvalue weighted by atomic mass is 9.95. The quantitative estimate of drug-likeness (QED) is 0.884. The van der Waals surface area contributed by atoms with Crippen molar-refractivity contribution in [3.63, 3.8) is 0 Å². The molecule has 1 saturated heterocycles. The summed E-state index contributed by atoms with van der Waals surface area (Å²) < 4.78 is 11.5. The summed E-state index contributed by atoms with van der Waals surface area (Å²) in [5.41, 5.74) is 1.18. The van der Waals surface area contributed by atoms with Gasteiger partial charge in [-0.1, -0.05) is 6.07 Å². The van der Waals surface area contributed by atoms with E-state index >= 15 is 0 Å². The Labute approximate surface area is 131 Å². The number of benzene rings is 1. The topological polar surface area (TPSA) is 62.2 Å². The van der Waals surface area contributed by atoms with Crippen molar-refractivity contribution < 1.29 is 19.7 Å². The molecule has 2 N–H and O–H groups in total. The highest BCUT2D eigenvalue weighted by atomic mass is 16.5. The fourth-order valence-corrected chi connectivity index (χ4v) is 3.13. The average molecular weight is 307 g/mol. The summed E-state index contributed by atoms with van der Waals surface area (Å²) in [6.45, 7) is 3.91.